The van der Waals surface area contributed by atoms with Gasteiger partial charge in [0.15, 0.2) is 0 Å². The molecule has 1 amide bonds. The highest BCUT2D eigenvalue weighted by atomic mass is 19.1. The van der Waals surface area contributed by atoms with Crippen molar-refractivity contribution in [1.29, 1.82) is 0 Å². The predicted octanol–water partition coefficient (Wildman–Crippen LogP) is 4.53. The van der Waals surface area contributed by atoms with Crippen LogP contribution in [0.3, 0.4) is 0 Å². The molecule has 1 aliphatic rings. The molecule has 36 heavy (non-hydrogen) atoms. The van der Waals surface area contributed by atoms with Gasteiger partial charge in [0.2, 0.25) is 5.88 Å². The van der Waals surface area contributed by atoms with E-state index in [0.717, 1.165) is 5.56 Å². The minimum Gasteiger partial charge on any atom is -0.481 e. The number of likely N-dealkylation sites (tertiary alicyclic amines) is 1. The second-order valence-corrected chi connectivity index (χ2v) is 9.75. The van der Waals surface area contributed by atoms with E-state index in [0.29, 0.717) is 41.0 Å². The van der Waals surface area contributed by atoms with Gasteiger partial charge in [-0.25, -0.2) is 19.0 Å². The Bertz CT molecular complexity index is 1300. The van der Waals surface area contributed by atoms with E-state index in [4.69, 9.17) is 14.2 Å². The molecule has 9 nitrogen and oxygen atoms in total. The second-order valence-electron chi connectivity index (χ2n) is 9.75. The van der Waals surface area contributed by atoms with Crippen molar-refractivity contribution in [2.75, 3.05) is 20.8 Å². The number of esters is 1. The van der Waals surface area contributed by atoms with Crippen molar-refractivity contribution in [3.63, 3.8) is 0 Å². The van der Waals surface area contributed by atoms with E-state index in [1.54, 1.807) is 31.5 Å². The number of pyridine rings is 1. The van der Waals surface area contributed by atoms with Crippen LogP contribution >= 0.6 is 0 Å². The van der Waals surface area contributed by atoms with Crippen molar-refractivity contribution in [3.05, 3.63) is 41.8 Å². The van der Waals surface area contributed by atoms with E-state index in [1.807, 2.05) is 19.1 Å². The van der Waals surface area contributed by atoms with Crippen LogP contribution in [0.25, 0.3) is 22.2 Å². The number of hydrogen-bond acceptors (Lipinski definition) is 7. The Morgan fingerprint density at radius 2 is 1.94 bits per heavy atom. The van der Waals surface area contributed by atoms with Crippen molar-refractivity contribution < 1.29 is 28.2 Å². The van der Waals surface area contributed by atoms with Gasteiger partial charge in [-0.1, -0.05) is 6.07 Å². The number of methoxy groups -OCH3 is 2. The predicted molar refractivity (Wildman–Crippen MR) is 131 cm³/mol. The maximum atomic E-state index is 14.8. The van der Waals surface area contributed by atoms with Crippen molar-refractivity contribution in [2.45, 2.75) is 58.2 Å². The van der Waals surface area contributed by atoms with Crippen LogP contribution in [-0.4, -0.2) is 64.1 Å². The highest BCUT2D eigenvalue weighted by Crippen LogP contribution is 2.38. The summed E-state index contributed by atoms with van der Waals surface area (Å²) in [5, 5.41) is 4.68. The zero-order valence-electron chi connectivity index (χ0n) is 21.4. The summed E-state index contributed by atoms with van der Waals surface area (Å²) < 4.78 is 32.5. The number of halogens is 1. The number of carbonyl (C=O) groups is 2. The highest BCUT2D eigenvalue weighted by molar-refractivity contribution is 5.85. The number of carbonyl (C=O) groups excluding carboxylic acids is 2. The van der Waals surface area contributed by atoms with Crippen LogP contribution in [0.15, 0.2) is 30.5 Å². The lowest BCUT2D eigenvalue weighted by Gasteiger charge is -2.27. The summed E-state index contributed by atoms with van der Waals surface area (Å²) in [4.78, 5) is 31.3. The van der Waals surface area contributed by atoms with E-state index in [1.165, 1.54) is 31.4 Å². The van der Waals surface area contributed by atoms with Crippen molar-refractivity contribution in [3.8, 4) is 17.1 Å². The number of aromatic nitrogens is 3. The van der Waals surface area contributed by atoms with Gasteiger partial charge in [-0.05, 0) is 52.3 Å². The Morgan fingerprint density at radius 1 is 1.19 bits per heavy atom. The van der Waals surface area contributed by atoms with Crippen LogP contribution in [0.2, 0.25) is 0 Å². The second kappa shape index (κ2) is 9.75. The summed E-state index contributed by atoms with van der Waals surface area (Å²) >= 11 is 0. The first-order valence-electron chi connectivity index (χ1n) is 11.8. The molecule has 1 aliphatic heterocycles. The number of ether oxygens (including phenoxy) is 3. The number of fused-ring (bicyclic) bond motifs is 1. The van der Waals surface area contributed by atoms with Crippen molar-refractivity contribution in [1.82, 2.24) is 19.7 Å². The van der Waals surface area contributed by atoms with Crippen LogP contribution < -0.4 is 4.74 Å². The smallest absolute Gasteiger partial charge is 0.411 e. The Kier molecular flexibility index (Phi) is 6.88. The lowest BCUT2D eigenvalue weighted by molar-refractivity contribution is -0.145. The first kappa shape index (κ1) is 25.4. The van der Waals surface area contributed by atoms with Crippen LogP contribution in [0, 0.1) is 5.82 Å². The van der Waals surface area contributed by atoms with E-state index < -0.39 is 23.7 Å². The largest absolute Gasteiger partial charge is 0.481 e. The number of benzene rings is 1. The van der Waals surface area contributed by atoms with Crippen molar-refractivity contribution >= 4 is 23.0 Å². The molecule has 4 rings (SSSR count). The van der Waals surface area contributed by atoms with Crippen molar-refractivity contribution in [2.24, 2.45) is 0 Å². The van der Waals surface area contributed by atoms with E-state index >= 15 is 0 Å². The molecule has 0 aliphatic carbocycles. The third-order valence-electron chi connectivity index (χ3n) is 6.23. The topological polar surface area (TPSA) is 95.8 Å². The zero-order chi connectivity index (χ0) is 26.2. The van der Waals surface area contributed by atoms with Crippen LogP contribution in [0.4, 0.5) is 9.18 Å². The highest BCUT2D eigenvalue weighted by Gasteiger charge is 2.43. The SMILES string of the molecule is CCn1ncc2c(F)cc(-c3ccc(C4CC(C(=O)OC)N(C(=O)OC(C)(C)C)C4)c(OC)n3)cc21. The average molecular weight is 499 g/mol. The number of amides is 1. The molecule has 1 saturated heterocycles. The summed E-state index contributed by atoms with van der Waals surface area (Å²) in [5.41, 5.74) is 1.84. The fourth-order valence-electron chi connectivity index (χ4n) is 4.56. The monoisotopic (exact) mass is 498 g/mol. The average Bonchev–Trinajstić information content (AvgIpc) is 3.47. The van der Waals surface area contributed by atoms with E-state index in [-0.39, 0.29) is 18.3 Å². The summed E-state index contributed by atoms with van der Waals surface area (Å²) in [5.74, 6) is -0.782. The summed E-state index contributed by atoms with van der Waals surface area (Å²) in [7, 11) is 2.80. The molecular formula is C26H31FN4O5. The zero-order valence-corrected chi connectivity index (χ0v) is 21.4. The van der Waals surface area contributed by atoms with Gasteiger partial charge < -0.3 is 14.2 Å². The molecule has 0 spiro atoms. The number of aryl methyl sites for hydroxylation is 1. The van der Waals surface area contributed by atoms with Gasteiger partial charge in [-0.15, -0.1) is 0 Å². The minimum absolute atomic E-state index is 0.237. The first-order valence-corrected chi connectivity index (χ1v) is 11.8. The summed E-state index contributed by atoms with van der Waals surface area (Å²) in [6, 6.07) is 6.12. The summed E-state index contributed by atoms with van der Waals surface area (Å²) in [6.07, 6.45) is 1.27. The maximum absolute atomic E-state index is 14.8. The van der Waals surface area contributed by atoms with Crippen LogP contribution in [0.5, 0.6) is 5.88 Å². The first-order chi connectivity index (χ1) is 17.1. The van der Waals surface area contributed by atoms with Crippen LogP contribution in [0.1, 0.15) is 45.6 Å². The van der Waals surface area contributed by atoms with Gasteiger partial charge in [0.05, 0.1) is 37.0 Å². The molecule has 0 N–H and O–H groups in total. The number of hydrogen-bond donors (Lipinski definition) is 0. The fourth-order valence-corrected chi connectivity index (χ4v) is 4.56. The van der Waals surface area contributed by atoms with Gasteiger partial charge in [-0.3, -0.25) is 9.58 Å². The van der Waals surface area contributed by atoms with Gasteiger partial charge in [0.25, 0.3) is 0 Å². The van der Waals surface area contributed by atoms with Gasteiger partial charge >= 0.3 is 12.1 Å². The Morgan fingerprint density at radius 3 is 2.58 bits per heavy atom. The van der Waals surface area contributed by atoms with Gasteiger partial charge in [0.1, 0.15) is 17.5 Å². The molecule has 3 heterocycles. The molecule has 0 saturated carbocycles. The van der Waals surface area contributed by atoms with Gasteiger partial charge in [-0.2, -0.15) is 5.10 Å². The number of nitrogens with zero attached hydrogens (tertiary/aromatic N) is 4. The molecule has 3 aromatic rings. The number of rotatable bonds is 5. The third kappa shape index (κ3) is 4.84. The molecule has 2 aromatic heterocycles. The fraction of sp³-hybridized carbons (Fsp3) is 0.462. The van der Waals surface area contributed by atoms with Gasteiger partial charge in [0, 0.05) is 30.1 Å². The Balaban J connectivity index is 1.67. The molecule has 1 aromatic carbocycles. The molecule has 0 radical (unpaired) electrons. The molecule has 1 fully saturated rings. The van der Waals surface area contributed by atoms with E-state index in [2.05, 4.69) is 10.1 Å². The Hall–Kier alpha value is -3.69. The van der Waals surface area contributed by atoms with E-state index in [9.17, 15) is 14.0 Å². The maximum Gasteiger partial charge on any atom is 0.411 e. The quantitative estimate of drug-likeness (QED) is 0.477. The minimum atomic E-state index is -0.787. The lowest BCUT2D eigenvalue weighted by Crippen LogP contribution is -2.43. The standard InChI is InChI=1S/C26H31FN4O5/c1-7-31-21-11-15(10-19(27)18(21)13-28-31)20-9-8-17(23(29-20)34-5)16-12-22(24(32)35-6)30(14-16)25(33)36-26(2,3)4/h8-11,13,16,22H,7,12,14H2,1-6H3. The summed E-state index contributed by atoms with van der Waals surface area (Å²) in [6.45, 7) is 8.10. The Labute approximate surface area is 209 Å². The third-order valence-corrected chi connectivity index (χ3v) is 6.23. The lowest BCUT2D eigenvalue weighted by atomic mass is 9.96. The normalized spacial score (nSPS) is 17.9. The van der Waals surface area contributed by atoms with Crippen LogP contribution in [-0.2, 0) is 20.8 Å². The molecular weight excluding hydrogens is 467 g/mol. The molecule has 10 heteroatoms. The molecule has 2 atom stereocenters. The molecule has 192 valence electrons. The molecule has 0 bridgehead atoms. The molecule has 2 unspecified atom stereocenters.